The number of ketones is 1. The first-order chi connectivity index (χ1) is 9.20. The Bertz CT molecular complexity index is 640. The summed E-state index contributed by atoms with van der Waals surface area (Å²) in [6, 6.07) is 14.6. The molecule has 19 heavy (non-hydrogen) atoms. The van der Waals surface area contributed by atoms with Gasteiger partial charge in [-0.25, -0.2) is 0 Å². The van der Waals surface area contributed by atoms with Crippen LogP contribution in [-0.4, -0.2) is 5.78 Å². The first kappa shape index (κ1) is 12.2. The Morgan fingerprint density at radius 2 is 1.84 bits per heavy atom. The van der Waals surface area contributed by atoms with Crippen molar-refractivity contribution in [1.29, 1.82) is 0 Å². The Morgan fingerprint density at radius 1 is 1.11 bits per heavy atom. The van der Waals surface area contributed by atoms with Crippen molar-refractivity contribution >= 4 is 5.78 Å². The Hall–Kier alpha value is -1.89. The summed E-state index contributed by atoms with van der Waals surface area (Å²) in [5.41, 5.74) is 6.08. The van der Waals surface area contributed by atoms with Crippen molar-refractivity contribution in [3.05, 3.63) is 59.2 Å². The van der Waals surface area contributed by atoms with E-state index in [2.05, 4.69) is 43.3 Å². The summed E-state index contributed by atoms with van der Waals surface area (Å²) in [5, 5.41) is 0. The van der Waals surface area contributed by atoms with E-state index in [0.717, 1.165) is 18.4 Å². The highest BCUT2D eigenvalue weighted by molar-refractivity contribution is 5.99. The summed E-state index contributed by atoms with van der Waals surface area (Å²) in [6.45, 7) is 4.06. The molecule has 2 aromatic rings. The van der Waals surface area contributed by atoms with Gasteiger partial charge in [-0.15, -0.1) is 0 Å². The zero-order valence-corrected chi connectivity index (χ0v) is 11.4. The predicted molar refractivity (Wildman–Crippen MR) is 78.5 cm³/mol. The van der Waals surface area contributed by atoms with Crippen molar-refractivity contribution in [2.45, 2.75) is 26.7 Å². The molecule has 1 unspecified atom stereocenters. The number of hydrogen-bond acceptors (Lipinski definition) is 1. The summed E-state index contributed by atoms with van der Waals surface area (Å²) >= 11 is 0. The molecule has 1 nitrogen and oxygen atoms in total. The predicted octanol–water partition coefficient (Wildman–Crippen LogP) is 4.49. The topological polar surface area (TPSA) is 17.1 Å². The van der Waals surface area contributed by atoms with Gasteiger partial charge in [-0.3, -0.25) is 4.79 Å². The molecule has 1 aliphatic carbocycles. The summed E-state index contributed by atoms with van der Waals surface area (Å²) in [5.74, 6) is 0.365. The monoisotopic (exact) mass is 250 g/mol. The summed E-state index contributed by atoms with van der Waals surface area (Å²) in [4.78, 5) is 12.3. The lowest BCUT2D eigenvalue weighted by Gasteiger charge is -2.09. The molecule has 0 saturated carbocycles. The highest BCUT2D eigenvalue weighted by Crippen LogP contribution is 2.37. The normalized spacial score (nSPS) is 13.8. The Kier molecular flexibility index (Phi) is 2.98. The van der Waals surface area contributed by atoms with E-state index in [-0.39, 0.29) is 11.7 Å². The van der Waals surface area contributed by atoms with Gasteiger partial charge in [-0.1, -0.05) is 50.2 Å². The van der Waals surface area contributed by atoms with E-state index in [1.165, 1.54) is 22.3 Å². The average Bonchev–Trinajstić information content (AvgIpc) is 2.83. The molecular formula is C18H18O. The van der Waals surface area contributed by atoms with E-state index in [4.69, 9.17) is 0 Å². The van der Waals surface area contributed by atoms with Crippen LogP contribution in [0.5, 0.6) is 0 Å². The molecule has 0 radical (unpaired) electrons. The lowest BCUT2D eigenvalue weighted by Crippen LogP contribution is -2.10. The third-order valence-corrected chi connectivity index (χ3v) is 4.14. The average molecular weight is 250 g/mol. The molecule has 0 bridgehead atoms. The van der Waals surface area contributed by atoms with Crippen LogP contribution in [0.15, 0.2) is 42.5 Å². The first-order valence-electron chi connectivity index (χ1n) is 6.96. The summed E-state index contributed by atoms with van der Waals surface area (Å²) in [6.07, 6.45) is 1.88. The number of rotatable bonds is 3. The standard InChI is InChI=1S/C18H18O/c1-3-12(2)18(19)15-9-8-14-10-13-6-4-5-7-16(13)17(14)11-15/h4-9,11-12H,3,10H2,1-2H3. The van der Waals surface area contributed by atoms with Crippen LogP contribution in [0.4, 0.5) is 0 Å². The van der Waals surface area contributed by atoms with Crippen molar-refractivity contribution in [2.75, 3.05) is 0 Å². The molecule has 1 atom stereocenters. The van der Waals surface area contributed by atoms with E-state index in [9.17, 15) is 4.79 Å². The van der Waals surface area contributed by atoms with Gasteiger partial charge in [0.05, 0.1) is 0 Å². The smallest absolute Gasteiger partial charge is 0.165 e. The zero-order valence-electron chi connectivity index (χ0n) is 11.4. The van der Waals surface area contributed by atoms with Crippen molar-refractivity contribution < 1.29 is 4.79 Å². The molecular weight excluding hydrogens is 232 g/mol. The van der Waals surface area contributed by atoms with Gasteiger partial charge in [0.1, 0.15) is 0 Å². The summed E-state index contributed by atoms with van der Waals surface area (Å²) in [7, 11) is 0. The molecule has 0 N–H and O–H groups in total. The molecule has 1 aliphatic rings. The first-order valence-corrected chi connectivity index (χ1v) is 6.96. The van der Waals surface area contributed by atoms with E-state index < -0.39 is 0 Å². The Morgan fingerprint density at radius 3 is 2.63 bits per heavy atom. The van der Waals surface area contributed by atoms with Crippen LogP contribution in [0.3, 0.4) is 0 Å². The van der Waals surface area contributed by atoms with Gasteiger partial charge in [-0.05, 0) is 41.2 Å². The van der Waals surface area contributed by atoms with E-state index in [1.807, 2.05) is 13.0 Å². The van der Waals surface area contributed by atoms with E-state index in [0.29, 0.717) is 0 Å². The van der Waals surface area contributed by atoms with E-state index in [1.54, 1.807) is 0 Å². The minimum Gasteiger partial charge on any atom is -0.294 e. The van der Waals surface area contributed by atoms with Gasteiger partial charge in [0, 0.05) is 11.5 Å². The van der Waals surface area contributed by atoms with Gasteiger partial charge in [0.25, 0.3) is 0 Å². The number of carbonyl (C=O) groups is 1. The third kappa shape index (κ3) is 1.99. The van der Waals surface area contributed by atoms with Crippen LogP contribution in [0.2, 0.25) is 0 Å². The lowest BCUT2D eigenvalue weighted by atomic mass is 9.94. The number of fused-ring (bicyclic) bond motifs is 3. The molecule has 3 rings (SSSR count). The quantitative estimate of drug-likeness (QED) is 0.626. The molecule has 0 spiro atoms. The van der Waals surface area contributed by atoms with Gasteiger partial charge >= 0.3 is 0 Å². The highest BCUT2D eigenvalue weighted by atomic mass is 16.1. The second kappa shape index (κ2) is 4.65. The molecule has 0 aromatic heterocycles. The number of hydrogen-bond donors (Lipinski definition) is 0. The lowest BCUT2D eigenvalue weighted by molar-refractivity contribution is 0.0927. The molecule has 0 fully saturated rings. The third-order valence-electron chi connectivity index (χ3n) is 4.14. The Labute approximate surface area is 114 Å². The zero-order chi connectivity index (χ0) is 13.4. The Balaban J connectivity index is 2.05. The van der Waals surface area contributed by atoms with Gasteiger partial charge in [-0.2, -0.15) is 0 Å². The SMILES string of the molecule is CCC(C)C(=O)c1ccc2c(c1)-c1ccccc1C2. The fourth-order valence-electron chi connectivity index (χ4n) is 2.75. The number of Topliss-reactive ketones (excluding diaryl/α,β-unsaturated/α-hetero) is 1. The van der Waals surface area contributed by atoms with Crippen LogP contribution in [0.25, 0.3) is 11.1 Å². The van der Waals surface area contributed by atoms with Crippen LogP contribution >= 0.6 is 0 Å². The fraction of sp³-hybridized carbons (Fsp3) is 0.278. The molecule has 0 aliphatic heterocycles. The highest BCUT2D eigenvalue weighted by Gasteiger charge is 2.20. The van der Waals surface area contributed by atoms with Crippen LogP contribution in [0.1, 0.15) is 41.8 Å². The fourth-order valence-corrected chi connectivity index (χ4v) is 2.75. The molecule has 2 aromatic carbocycles. The van der Waals surface area contributed by atoms with Crippen molar-refractivity contribution in [2.24, 2.45) is 5.92 Å². The minimum atomic E-state index is 0.106. The second-order valence-corrected chi connectivity index (χ2v) is 5.38. The molecule has 0 saturated heterocycles. The van der Waals surface area contributed by atoms with Crippen LogP contribution in [0, 0.1) is 5.92 Å². The maximum Gasteiger partial charge on any atom is 0.165 e. The van der Waals surface area contributed by atoms with Gasteiger partial charge in [0.2, 0.25) is 0 Å². The number of benzene rings is 2. The van der Waals surface area contributed by atoms with Crippen molar-refractivity contribution in [1.82, 2.24) is 0 Å². The van der Waals surface area contributed by atoms with Crippen LogP contribution < -0.4 is 0 Å². The maximum absolute atomic E-state index is 12.3. The molecule has 96 valence electrons. The summed E-state index contributed by atoms with van der Waals surface area (Å²) < 4.78 is 0. The van der Waals surface area contributed by atoms with Crippen LogP contribution in [-0.2, 0) is 6.42 Å². The second-order valence-electron chi connectivity index (χ2n) is 5.38. The van der Waals surface area contributed by atoms with Gasteiger partial charge < -0.3 is 0 Å². The number of carbonyl (C=O) groups excluding carboxylic acids is 1. The van der Waals surface area contributed by atoms with Gasteiger partial charge in [0.15, 0.2) is 5.78 Å². The maximum atomic E-state index is 12.3. The van der Waals surface area contributed by atoms with Crippen molar-refractivity contribution in [3.63, 3.8) is 0 Å². The molecule has 1 heteroatoms. The van der Waals surface area contributed by atoms with Crippen molar-refractivity contribution in [3.8, 4) is 11.1 Å². The van der Waals surface area contributed by atoms with E-state index >= 15 is 0 Å². The minimum absolute atomic E-state index is 0.106. The largest absolute Gasteiger partial charge is 0.294 e. The molecule has 0 heterocycles. The molecule has 0 amide bonds.